The van der Waals surface area contributed by atoms with Crippen molar-refractivity contribution in [3.05, 3.63) is 47.2 Å². The number of likely N-dealkylation sites (tertiary alicyclic amines) is 1. The minimum atomic E-state index is 0.574. The van der Waals surface area contributed by atoms with Crippen molar-refractivity contribution in [2.45, 2.75) is 31.7 Å². The third-order valence-electron chi connectivity index (χ3n) is 4.70. The first-order chi connectivity index (χ1) is 10.4. The second-order valence-corrected chi connectivity index (χ2v) is 6.09. The molecule has 1 N–H and O–H groups in total. The van der Waals surface area contributed by atoms with Crippen LogP contribution in [0.5, 0.6) is 0 Å². The van der Waals surface area contributed by atoms with E-state index in [2.05, 4.69) is 45.7 Å². The van der Waals surface area contributed by atoms with Crippen LogP contribution in [0.15, 0.2) is 34.9 Å². The van der Waals surface area contributed by atoms with Crippen molar-refractivity contribution in [3.8, 4) is 0 Å². The SMILES string of the molecule is c1ccc(CN2CCC(c3noc4c3CCN4)CC2)cc1. The monoisotopic (exact) mass is 283 g/mol. The molecule has 0 amide bonds. The summed E-state index contributed by atoms with van der Waals surface area (Å²) in [6.45, 7) is 4.35. The van der Waals surface area contributed by atoms with E-state index in [4.69, 9.17) is 4.52 Å². The number of hydrogen-bond acceptors (Lipinski definition) is 4. The van der Waals surface area contributed by atoms with Gasteiger partial charge in [0.2, 0.25) is 5.88 Å². The molecule has 1 fully saturated rings. The number of nitrogens with one attached hydrogen (secondary N) is 1. The second-order valence-electron chi connectivity index (χ2n) is 6.09. The van der Waals surface area contributed by atoms with Crippen molar-refractivity contribution in [1.29, 1.82) is 0 Å². The molecule has 4 heteroatoms. The van der Waals surface area contributed by atoms with Gasteiger partial charge in [0, 0.05) is 24.6 Å². The third-order valence-corrected chi connectivity index (χ3v) is 4.70. The standard InChI is InChI=1S/C17H21N3O/c1-2-4-13(5-3-1)12-20-10-7-14(8-11-20)16-15-6-9-18-17(15)21-19-16/h1-5,14,18H,6-12H2. The summed E-state index contributed by atoms with van der Waals surface area (Å²) in [6.07, 6.45) is 3.44. The Kier molecular flexibility index (Phi) is 3.39. The van der Waals surface area contributed by atoms with Crippen LogP contribution in [-0.4, -0.2) is 29.7 Å². The third kappa shape index (κ3) is 2.56. The molecule has 0 radical (unpaired) electrons. The maximum absolute atomic E-state index is 5.41. The smallest absolute Gasteiger partial charge is 0.228 e. The molecular weight excluding hydrogens is 262 g/mol. The Balaban J connectivity index is 1.38. The van der Waals surface area contributed by atoms with Gasteiger partial charge in [-0.1, -0.05) is 35.5 Å². The minimum Gasteiger partial charge on any atom is -0.353 e. The van der Waals surface area contributed by atoms with Gasteiger partial charge in [0.05, 0.1) is 5.69 Å². The maximum atomic E-state index is 5.41. The van der Waals surface area contributed by atoms with Crippen LogP contribution in [0.2, 0.25) is 0 Å². The summed E-state index contributed by atoms with van der Waals surface area (Å²) in [5.41, 5.74) is 3.95. The quantitative estimate of drug-likeness (QED) is 0.940. The molecule has 0 aliphatic carbocycles. The summed E-state index contributed by atoms with van der Waals surface area (Å²) in [5, 5.41) is 7.58. The number of rotatable bonds is 3. The molecule has 0 bridgehead atoms. The van der Waals surface area contributed by atoms with Crippen LogP contribution in [0, 0.1) is 0 Å². The second kappa shape index (κ2) is 5.53. The zero-order valence-electron chi connectivity index (χ0n) is 12.2. The molecule has 0 spiro atoms. The van der Waals surface area contributed by atoms with Gasteiger partial charge in [-0.2, -0.15) is 0 Å². The van der Waals surface area contributed by atoms with Gasteiger partial charge in [0.25, 0.3) is 0 Å². The molecule has 0 unspecified atom stereocenters. The summed E-state index contributed by atoms with van der Waals surface area (Å²) in [4.78, 5) is 2.55. The van der Waals surface area contributed by atoms with Gasteiger partial charge < -0.3 is 9.84 Å². The zero-order valence-corrected chi connectivity index (χ0v) is 12.2. The number of anilines is 1. The van der Waals surface area contributed by atoms with Crippen molar-refractivity contribution in [2.75, 3.05) is 25.0 Å². The van der Waals surface area contributed by atoms with Crippen LogP contribution in [-0.2, 0) is 13.0 Å². The number of hydrogen-bond donors (Lipinski definition) is 1. The summed E-state index contributed by atoms with van der Waals surface area (Å²) < 4.78 is 5.41. The van der Waals surface area contributed by atoms with Gasteiger partial charge in [-0.05, 0) is 37.9 Å². The number of aromatic nitrogens is 1. The zero-order chi connectivity index (χ0) is 14.1. The topological polar surface area (TPSA) is 41.3 Å². The molecule has 21 heavy (non-hydrogen) atoms. The minimum absolute atomic E-state index is 0.574. The van der Waals surface area contributed by atoms with Crippen LogP contribution in [0.3, 0.4) is 0 Å². The fourth-order valence-electron chi connectivity index (χ4n) is 3.53. The van der Waals surface area contributed by atoms with Gasteiger partial charge in [0.1, 0.15) is 0 Å². The summed E-state index contributed by atoms with van der Waals surface area (Å²) in [6, 6.07) is 10.7. The van der Waals surface area contributed by atoms with Crippen LogP contribution < -0.4 is 5.32 Å². The van der Waals surface area contributed by atoms with E-state index < -0.39 is 0 Å². The van der Waals surface area contributed by atoms with E-state index in [-0.39, 0.29) is 0 Å². The number of nitrogens with zero attached hydrogens (tertiary/aromatic N) is 2. The lowest BCUT2D eigenvalue weighted by atomic mass is 9.90. The van der Waals surface area contributed by atoms with E-state index in [0.717, 1.165) is 38.5 Å². The molecule has 110 valence electrons. The van der Waals surface area contributed by atoms with Gasteiger partial charge in [-0.15, -0.1) is 0 Å². The van der Waals surface area contributed by atoms with Crippen LogP contribution in [0.1, 0.15) is 35.6 Å². The van der Waals surface area contributed by atoms with Crippen LogP contribution in [0.4, 0.5) is 5.88 Å². The summed E-state index contributed by atoms with van der Waals surface area (Å²) in [5.74, 6) is 1.49. The fourth-order valence-corrected chi connectivity index (χ4v) is 3.53. The molecule has 2 aromatic rings. The van der Waals surface area contributed by atoms with E-state index >= 15 is 0 Å². The Labute approximate surface area is 125 Å². The molecule has 4 nitrogen and oxygen atoms in total. The predicted octanol–water partition coefficient (Wildman–Crippen LogP) is 3.02. The van der Waals surface area contributed by atoms with E-state index in [0.29, 0.717) is 5.92 Å². The van der Waals surface area contributed by atoms with E-state index in [1.165, 1.54) is 29.7 Å². The average Bonchev–Trinajstić information content (AvgIpc) is 3.12. The first-order valence-electron chi connectivity index (χ1n) is 7.89. The molecule has 1 saturated heterocycles. The first kappa shape index (κ1) is 12.9. The molecule has 3 heterocycles. The van der Waals surface area contributed by atoms with Gasteiger partial charge in [0.15, 0.2) is 0 Å². The maximum Gasteiger partial charge on any atom is 0.228 e. The molecular formula is C17H21N3O. The van der Waals surface area contributed by atoms with Gasteiger partial charge >= 0.3 is 0 Å². The highest BCUT2D eigenvalue weighted by Gasteiger charge is 2.29. The van der Waals surface area contributed by atoms with Crippen molar-refractivity contribution >= 4 is 5.88 Å². The lowest BCUT2D eigenvalue weighted by Crippen LogP contribution is -2.32. The average molecular weight is 283 g/mol. The molecule has 2 aliphatic heterocycles. The Morgan fingerprint density at radius 3 is 2.81 bits per heavy atom. The van der Waals surface area contributed by atoms with Gasteiger partial charge in [-0.3, -0.25) is 4.90 Å². The number of piperidine rings is 1. The van der Waals surface area contributed by atoms with Crippen molar-refractivity contribution in [1.82, 2.24) is 10.1 Å². The number of benzene rings is 1. The normalized spacial score (nSPS) is 19.4. The van der Waals surface area contributed by atoms with E-state index in [9.17, 15) is 0 Å². The fraction of sp³-hybridized carbons (Fsp3) is 0.471. The van der Waals surface area contributed by atoms with Crippen molar-refractivity contribution in [3.63, 3.8) is 0 Å². The Hall–Kier alpha value is -1.81. The Morgan fingerprint density at radius 1 is 1.19 bits per heavy atom. The summed E-state index contributed by atoms with van der Waals surface area (Å²) >= 11 is 0. The molecule has 0 atom stereocenters. The highest BCUT2D eigenvalue weighted by molar-refractivity contribution is 5.49. The van der Waals surface area contributed by atoms with Crippen LogP contribution in [0.25, 0.3) is 0 Å². The molecule has 2 aliphatic rings. The van der Waals surface area contributed by atoms with E-state index in [1.807, 2.05) is 0 Å². The summed E-state index contributed by atoms with van der Waals surface area (Å²) in [7, 11) is 0. The molecule has 0 saturated carbocycles. The lowest BCUT2D eigenvalue weighted by molar-refractivity contribution is 0.201. The van der Waals surface area contributed by atoms with E-state index in [1.54, 1.807) is 0 Å². The Morgan fingerprint density at radius 2 is 2.00 bits per heavy atom. The molecule has 1 aromatic heterocycles. The van der Waals surface area contributed by atoms with Crippen LogP contribution >= 0.6 is 0 Å². The van der Waals surface area contributed by atoms with Crippen molar-refractivity contribution < 1.29 is 4.52 Å². The van der Waals surface area contributed by atoms with Gasteiger partial charge in [-0.25, -0.2) is 0 Å². The lowest BCUT2D eigenvalue weighted by Gasteiger charge is -2.31. The predicted molar refractivity (Wildman–Crippen MR) is 82.4 cm³/mol. The highest BCUT2D eigenvalue weighted by atomic mass is 16.5. The first-order valence-corrected chi connectivity index (χ1v) is 7.89. The highest BCUT2D eigenvalue weighted by Crippen LogP contribution is 2.35. The molecule has 1 aromatic carbocycles. The largest absolute Gasteiger partial charge is 0.353 e. The number of fused-ring (bicyclic) bond motifs is 1. The van der Waals surface area contributed by atoms with Crippen molar-refractivity contribution in [2.24, 2.45) is 0 Å². The molecule has 4 rings (SSSR count). The Bertz CT molecular complexity index is 600.